The summed E-state index contributed by atoms with van der Waals surface area (Å²) in [4.78, 5) is 29.1. The van der Waals surface area contributed by atoms with E-state index in [-0.39, 0.29) is 17.0 Å². The summed E-state index contributed by atoms with van der Waals surface area (Å²) in [6.45, 7) is 0. The number of hydrogen-bond donors (Lipinski definition) is 2. The van der Waals surface area contributed by atoms with Gasteiger partial charge in [-0.15, -0.1) is 0 Å². The van der Waals surface area contributed by atoms with Crippen molar-refractivity contribution in [2.24, 2.45) is 4.99 Å². The molecule has 28 heavy (non-hydrogen) atoms. The highest BCUT2D eigenvalue weighted by Gasteiger charge is 2.32. The number of ether oxygens (including phenoxy) is 1. The number of halogens is 2. The van der Waals surface area contributed by atoms with Gasteiger partial charge in [-0.3, -0.25) is 4.79 Å². The van der Waals surface area contributed by atoms with Gasteiger partial charge in [-0.05, 0) is 48.5 Å². The van der Waals surface area contributed by atoms with Gasteiger partial charge in [0.25, 0.3) is 0 Å². The van der Waals surface area contributed by atoms with Crippen LogP contribution in [0.25, 0.3) is 0 Å². The van der Waals surface area contributed by atoms with Crippen molar-refractivity contribution in [1.82, 2.24) is 0 Å². The molecule has 2 aromatic carbocycles. The Morgan fingerprint density at radius 2 is 1.61 bits per heavy atom. The topological polar surface area (TPSA) is 88.0 Å². The van der Waals surface area contributed by atoms with Crippen molar-refractivity contribution in [1.29, 1.82) is 0 Å². The molecular weight excluding hydrogens is 403 g/mol. The molecule has 0 spiro atoms. The SMILES string of the molecule is COC(=O)C1=C(O)C(Nc2ccc(Cl)cc2)=CC(=O)C1=Nc1ccc(Cl)cc1. The molecule has 0 atom stereocenters. The summed E-state index contributed by atoms with van der Waals surface area (Å²) < 4.78 is 4.73. The van der Waals surface area contributed by atoms with Crippen LogP contribution in [0.3, 0.4) is 0 Å². The lowest BCUT2D eigenvalue weighted by Crippen LogP contribution is -2.29. The van der Waals surface area contributed by atoms with Gasteiger partial charge in [0.15, 0.2) is 5.76 Å². The van der Waals surface area contributed by atoms with Crippen molar-refractivity contribution in [2.75, 3.05) is 12.4 Å². The normalized spacial score (nSPS) is 15.5. The van der Waals surface area contributed by atoms with Crippen LogP contribution in [0.4, 0.5) is 11.4 Å². The second kappa shape index (κ2) is 8.29. The maximum absolute atomic E-state index is 12.6. The summed E-state index contributed by atoms with van der Waals surface area (Å²) in [5.74, 6) is -1.90. The molecule has 0 heterocycles. The molecular formula is C20H14Cl2N2O4. The molecule has 1 aliphatic rings. The van der Waals surface area contributed by atoms with Crippen molar-refractivity contribution in [3.63, 3.8) is 0 Å². The van der Waals surface area contributed by atoms with Gasteiger partial charge in [0.05, 0.1) is 18.5 Å². The molecule has 0 aromatic heterocycles. The van der Waals surface area contributed by atoms with Gasteiger partial charge < -0.3 is 15.2 Å². The lowest BCUT2D eigenvalue weighted by atomic mass is 9.97. The lowest BCUT2D eigenvalue weighted by molar-refractivity contribution is -0.135. The fraction of sp³-hybridized carbons (Fsp3) is 0.0500. The van der Waals surface area contributed by atoms with Crippen LogP contribution in [-0.2, 0) is 14.3 Å². The zero-order valence-corrected chi connectivity index (χ0v) is 16.1. The number of methoxy groups -OCH3 is 1. The van der Waals surface area contributed by atoms with Gasteiger partial charge in [0, 0.05) is 21.8 Å². The lowest BCUT2D eigenvalue weighted by Gasteiger charge is -2.18. The summed E-state index contributed by atoms with van der Waals surface area (Å²) in [5, 5.41) is 14.5. The molecule has 1 aliphatic carbocycles. The number of anilines is 1. The Morgan fingerprint density at radius 3 is 2.18 bits per heavy atom. The predicted molar refractivity (Wildman–Crippen MR) is 108 cm³/mol. The summed E-state index contributed by atoms with van der Waals surface area (Å²) >= 11 is 11.7. The third-order valence-electron chi connectivity index (χ3n) is 3.82. The van der Waals surface area contributed by atoms with E-state index in [0.717, 1.165) is 13.2 Å². The Kier molecular flexibility index (Phi) is 5.82. The average molecular weight is 417 g/mol. The highest BCUT2D eigenvalue weighted by molar-refractivity contribution is 6.56. The third kappa shape index (κ3) is 4.24. The number of carbonyl (C=O) groups excluding carboxylic acids is 2. The average Bonchev–Trinajstić information content (AvgIpc) is 2.68. The molecule has 0 saturated heterocycles. The van der Waals surface area contributed by atoms with Gasteiger partial charge in [0.1, 0.15) is 11.3 Å². The number of allylic oxidation sites excluding steroid dienone is 1. The number of aliphatic hydroxyl groups is 1. The Labute approximate surface area is 170 Å². The fourth-order valence-corrected chi connectivity index (χ4v) is 2.72. The third-order valence-corrected chi connectivity index (χ3v) is 4.32. The minimum atomic E-state index is -0.887. The van der Waals surface area contributed by atoms with E-state index in [0.29, 0.717) is 21.4 Å². The van der Waals surface area contributed by atoms with Crippen LogP contribution >= 0.6 is 23.2 Å². The van der Waals surface area contributed by atoms with Crippen LogP contribution in [0.5, 0.6) is 0 Å². The molecule has 6 nitrogen and oxygen atoms in total. The van der Waals surface area contributed by atoms with E-state index in [2.05, 4.69) is 10.3 Å². The molecule has 0 fully saturated rings. The molecule has 2 aromatic rings. The quantitative estimate of drug-likeness (QED) is 0.560. The van der Waals surface area contributed by atoms with Gasteiger partial charge in [0.2, 0.25) is 5.78 Å². The zero-order chi connectivity index (χ0) is 20.3. The number of hydrogen-bond acceptors (Lipinski definition) is 6. The fourth-order valence-electron chi connectivity index (χ4n) is 2.47. The maximum Gasteiger partial charge on any atom is 0.344 e. The first-order valence-electron chi connectivity index (χ1n) is 8.04. The number of aliphatic imine (C=N–C) groups is 1. The van der Waals surface area contributed by atoms with E-state index in [1.165, 1.54) is 0 Å². The summed E-state index contributed by atoms with van der Waals surface area (Å²) in [7, 11) is 1.15. The Balaban J connectivity index is 2.03. The molecule has 3 rings (SSSR count). The number of nitrogens with one attached hydrogen (secondary N) is 1. The van der Waals surface area contributed by atoms with Crippen molar-refractivity contribution in [3.8, 4) is 0 Å². The molecule has 0 bridgehead atoms. The van der Waals surface area contributed by atoms with Crippen molar-refractivity contribution in [2.45, 2.75) is 0 Å². The maximum atomic E-state index is 12.6. The van der Waals surface area contributed by atoms with E-state index in [1.807, 2.05) is 0 Å². The van der Waals surface area contributed by atoms with Gasteiger partial charge in [-0.1, -0.05) is 23.2 Å². The van der Waals surface area contributed by atoms with Crippen LogP contribution < -0.4 is 5.32 Å². The molecule has 2 N–H and O–H groups in total. The van der Waals surface area contributed by atoms with Gasteiger partial charge in [-0.2, -0.15) is 0 Å². The first-order chi connectivity index (χ1) is 13.4. The van der Waals surface area contributed by atoms with E-state index in [9.17, 15) is 14.7 Å². The van der Waals surface area contributed by atoms with Crippen LogP contribution in [0.1, 0.15) is 0 Å². The smallest absolute Gasteiger partial charge is 0.344 e. The first-order valence-corrected chi connectivity index (χ1v) is 8.80. The predicted octanol–water partition coefficient (Wildman–Crippen LogP) is 4.63. The molecule has 0 aliphatic heterocycles. The molecule has 0 saturated carbocycles. The standard InChI is InChI=1S/C20H14Cl2N2O4/c1-28-20(27)17-18(24-14-8-4-12(22)5-9-14)16(25)10-15(19(17)26)23-13-6-2-11(21)3-7-13/h2-10,23,26H,1H3. The molecule has 142 valence electrons. The number of carbonyl (C=O) groups is 2. The number of esters is 1. The molecule has 0 amide bonds. The second-order valence-corrected chi connectivity index (χ2v) is 6.58. The Bertz CT molecular complexity index is 1020. The number of aliphatic hydroxyl groups excluding tert-OH is 1. The van der Waals surface area contributed by atoms with Crippen LogP contribution in [0.15, 0.2) is 76.6 Å². The number of ketones is 1. The number of rotatable bonds is 4. The minimum absolute atomic E-state index is 0.0442. The van der Waals surface area contributed by atoms with E-state index >= 15 is 0 Å². The van der Waals surface area contributed by atoms with E-state index < -0.39 is 17.5 Å². The molecule has 8 heteroatoms. The minimum Gasteiger partial charge on any atom is -0.505 e. The van der Waals surface area contributed by atoms with Crippen LogP contribution in [0.2, 0.25) is 10.0 Å². The Morgan fingerprint density at radius 1 is 1.04 bits per heavy atom. The summed E-state index contributed by atoms with van der Waals surface area (Å²) in [6.07, 6.45) is 1.16. The van der Waals surface area contributed by atoms with E-state index in [4.69, 9.17) is 27.9 Å². The summed E-state index contributed by atoms with van der Waals surface area (Å²) in [5.41, 5.74) is 0.444. The van der Waals surface area contributed by atoms with Gasteiger partial charge in [-0.25, -0.2) is 9.79 Å². The molecule has 0 unspecified atom stereocenters. The summed E-state index contributed by atoms with van der Waals surface area (Å²) in [6, 6.07) is 13.0. The number of nitrogens with zero attached hydrogens (tertiary/aromatic N) is 1. The van der Waals surface area contributed by atoms with Crippen molar-refractivity contribution in [3.05, 3.63) is 81.7 Å². The molecule has 0 radical (unpaired) electrons. The van der Waals surface area contributed by atoms with Crippen molar-refractivity contribution < 1.29 is 19.4 Å². The van der Waals surface area contributed by atoms with E-state index in [1.54, 1.807) is 48.5 Å². The first kappa shape index (κ1) is 19.7. The van der Waals surface area contributed by atoms with Gasteiger partial charge >= 0.3 is 5.97 Å². The second-order valence-electron chi connectivity index (χ2n) is 5.71. The van der Waals surface area contributed by atoms with Crippen molar-refractivity contribution >= 4 is 52.0 Å². The van der Waals surface area contributed by atoms with Crippen LogP contribution in [0, 0.1) is 0 Å². The highest BCUT2D eigenvalue weighted by Crippen LogP contribution is 2.26. The highest BCUT2D eigenvalue weighted by atomic mass is 35.5. The number of benzene rings is 2. The Hall–Kier alpha value is -3.09. The zero-order valence-electron chi connectivity index (χ0n) is 14.6. The van der Waals surface area contributed by atoms with Crippen LogP contribution in [-0.4, -0.2) is 29.7 Å². The monoisotopic (exact) mass is 416 g/mol. The largest absolute Gasteiger partial charge is 0.505 e.